The highest BCUT2D eigenvalue weighted by Gasteiger charge is 2.41. The van der Waals surface area contributed by atoms with Gasteiger partial charge in [0, 0.05) is 16.8 Å². The molecule has 0 aliphatic heterocycles. The molecule has 0 aromatic heterocycles. The summed E-state index contributed by atoms with van der Waals surface area (Å²) in [5.74, 6) is -0.266. The van der Waals surface area contributed by atoms with E-state index in [1.54, 1.807) is 0 Å². The van der Waals surface area contributed by atoms with Gasteiger partial charge in [-0.1, -0.05) is 0 Å². The molecule has 1 fully saturated rings. The molecule has 0 spiro atoms. The van der Waals surface area contributed by atoms with Crippen molar-refractivity contribution in [2.75, 3.05) is 5.73 Å². The molecule has 0 saturated heterocycles. The van der Waals surface area contributed by atoms with Crippen LogP contribution in [-0.2, 0) is 10.0 Å². The zero-order valence-electron chi connectivity index (χ0n) is 11.3. The summed E-state index contributed by atoms with van der Waals surface area (Å²) in [4.78, 5) is -0.0845. The van der Waals surface area contributed by atoms with E-state index in [2.05, 4.69) is 4.72 Å². The number of anilines is 1. The quantitative estimate of drug-likeness (QED) is 0.833. The number of hydrogen-bond donors (Lipinski definition) is 2. The molecule has 106 valence electrons. The van der Waals surface area contributed by atoms with Crippen molar-refractivity contribution in [3.63, 3.8) is 0 Å². The zero-order chi connectivity index (χ0) is 14.4. The van der Waals surface area contributed by atoms with Gasteiger partial charge in [0.25, 0.3) is 0 Å². The van der Waals surface area contributed by atoms with Crippen LogP contribution in [0.25, 0.3) is 0 Å². The van der Waals surface area contributed by atoms with E-state index in [1.807, 2.05) is 13.8 Å². The second-order valence-electron chi connectivity index (χ2n) is 5.73. The van der Waals surface area contributed by atoms with Crippen LogP contribution in [-0.4, -0.2) is 14.0 Å². The summed E-state index contributed by atoms with van der Waals surface area (Å²) in [7, 11) is -3.77. The molecular formula is C13H19FN2O2S. The second kappa shape index (κ2) is 4.45. The molecule has 1 aromatic rings. The van der Waals surface area contributed by atoms with E-state index in [4.69, 9.17) is 5.73 Å². The maximum atomic E-state index is 13.6. The normalized spacial score (nSPS) is 16.6. The zero-order valence-corrected chi connectivity index (χ0v) is 12.1. The highest BCUT2D eigenvalue weighted by atomic mass is 32.2. The lowest BCUT2D eigenvalue weighted by molar-refractivity contribution is 0.400. The molecular weight excluding hydrogens is 267 g/mol. The summed E-state index contributed by atoms with van der Waals surface area (Å²) in [6.45, 7) is 5.13. The third kappa shape index (κ3) is 2.90. The SMILES string of the molecule is Cc1c(F)cc(N)cc1S(=O)(=O)NC(C)(C)C1CC1. The van der Waals surface area contributed by atoms with Gasteiger partial charge in [-0.3, -0.25) is 0 Å². The van der Waals surface area contributed by atoms with Crippen LogP contribution < -0.4 is 10.5 Å². The van der Waals surface area contributed by atoms with Gasteiger partial charge in [0.05, 0.1) is 4.90 Å². The fourth-order valence-electron chi connectivity index (χ4n) is 2.24. The molecule has 1 aliphatic rings. The molecule has 3 N–H and O–H groups in total. The van der Waals surface area contributed by atoms with E-state index in [1.165, 1.54) is 13.0 Å². The van der Waals surface area contributed by atoms with Gasteiger partial charge in [-0.15, -0.1) is 0 Å². The Bertz CT molecular complexity index is 607. The van der Waals surface area contributed by atoms with Gasteiger partial charge in [-0.25, -0.2) is 17.5 Å². The second-order valence-corrected chi connectivity index (χ2v) is 7.38. The topological polar surface area (TPSA) is 72.2 Å². The van der Waals surface area contributed by atoms with E-state index in [0.29, 0.717) is 5.92 Å². The molecule has 0 amide bonds. The average molecular weight is 286 g/mol. The Kier molecular flexibility index (Phi) is 3.35. The van der Waals surface area contributed by atoms with Gasteiger partial charge in [-0.2, -0.15) is 0 Å². The third-order valence-electron chi connectivity index (χ3n) is 3.60. The van der Waals surface area contributed by atoms with Crippen molar-refractivity contribution in [2.45, 2.75) is 44.0 Å². The first-order valence-corrected chi connectivity index (χ1v) is 7.71. The molecule has 1 aromatic carbocycles. The molecule has 0 heterocycles. The average Bonchev–Trinajstić information content (AvgIpc) is 3.05. The summed E-state index contributed by atoms with van der Waals surface area (Å²) in [5.41, 5.74) is 5.20. The van der Waals surface area contributed by atoms with Crippen LogP contribution in [0.5, 0.6) is 0 Å². The van der Waals surface area contributed by atoms with Crippen LogP contribution >= 0.6 is 0 Å². The number of nitrogen functional groups attached to an aromatic ring is 1. The minimum Gasteiger partial charge on any atom is -0.399 e. The van der Waals surface area contributed by atoms with Crippen LogP contribution in [0.2, 0.25) is 0 Å². The molecule has 19 heavy (non-hydrogen) atoms. The first-order chi connectivity index (χ1) is 8.63. The molecule has 1 aliphatic carbocycles. The highest BCUT2D eigenvalue weighted by Crippen LogP contribution is 2.40. The Balaban J connectivity index is 2.39. The van der Waals surface area contributed by atoms with E-state index < -0.39 is 21.4 Å². The fraction of sp³-hybridized carbons (Fsp3) is 0.538. The van der Waals surface area contributed by atoms with E-state index in [9.17, 15) is 12.8 Å². The molecule has 0 radical (unpaired) electrons. The number of rotatable bonds is 4. The van der Waals surface area contributed by atoms with Gasteiger partial charge >= 0.3 is 0 Å². The van der Waals surface area contributed by atoms with E-state index >= 15 is 0 Å². The third-order valence-corrected chi connectivity index (χ3v) is 5.40. The summed E-state index contributed by atoms with van der Waals surface area (Å²) in [6.07, 6.45) is 2.03. The van der Waals surface area contributed by atoms with E-state index in [-0.39, 0.29) is 16.1 Å². The van der Waals surface area contributed by atoms with Crippen molar-refractivity contribution in [2.24, 2.45) is 5.92 Å². The molecule has 4 nitrogen and oxygen atoms in total. The largest absolute Gasteiger partial charge is 0.399 e. The lowest BCUT2D eigenvalue weighted by Crippen LogP contribution is -2.45. The monoisotopic (exact) mass is 286 g/mol. The molecule has 1 saturated carbocycles. The predicted octanol–water partition coefficient (Wildman–Crippen LogP) is 2.18. The first-order valence-electron chi connectivity index (χ1n) is 6.23. The van der Waals surface area contributed by atoms with Crippen LogP contribution in [0.3, 0.4) is 0 Å². The Labute approximate surface area is 113 Å². The minimum atomic E-state index is -3.77. The number of benzene rings is 1. The number of nitrogens with two attached hydrogens (primary N) is 1. The number of sulfonamides is 1. The smallest absolute Gasteiger partial charge is 0.241 e. The van der Waals surface area contributed by atoms with Crippen LogP contribution in [0.4, 0.5) is 10.1 Å². The summed E-state index contributed by atoms with van der Waals surface area (Å²) in [6, 6.07) is 2.42. The van der Waals surface area contributed by atoms with Crippen molar-refractivity contribution >= 4 is 15.7 Å². The van der Waals surface area contributed by atoms with Crippen molar-refractivity contribution in [3.8, 4) is 0 Å². The summed E-state index contributed by atoms with van der Waals surface area (Å²) in [5, 5.41) is 0. The molecule has 6 heteroatoms. The van der Waals surface area contributed by atoms with Gasteiger partial charge in [0.1, 0.15) is 5.82 Å². The van der Waals surface area contributed by atoms with Gasteiger partial charge < -0.3 is 5.73 Å². The van der Waals surface area contributed by atoms with E-state index in [0.717, 1.165) is 18.9 Å². The molecule has 2 rings (SSSR count). The van der Waals surface area contributed by atoms with Crippen molar-refractivity contribution in [3.05, 3.63) is 23.5 Å². The van der Waals surface area contributed by atoms with Gasteiger partial charge in [0.2, 0.25) is 10.0 Å². The summed E-state index contributed by atoms with van der Waals surface area (Å²) >= 11 is 0. The van der Waals surface area contributed by atoms with Gasteiger partial charge in [0.15, 0.2) is 0 Å². The standard InChI is InChI=1S/C13H19FN2O2S/c1-8-11(14)6-10(15)7-12(8)19(17,18)16-13(2,3)9-4-5-9/h6-7,9,16H,4-5,15H2,1-3H3. The van der Waals surface area contributed by atoms with Crippen LogP contribution in [0, 0.1) is 18.7 Å². The Morgan fingerprint density at radius 2 is 1.95 bits per heavy atom. The maximum absolute atomic E-state index is 13.6. The van der Waals surface area contributed by atoms with Crippen molar-refractivity contribution < 1.29 is 12.8 Å². The predicted molar refractivity (Wildman–Crippen MR) is 72.7 cm³/mol. The molecule has 0 bridgehead atoms. The minimum absolute atomic E-state index is 0.0845. The number of hydrogen-bond acceptors (Lipinski definition) is 3. The van der Waals surface area contributed by atoms with Crippen molar-refractivity contribution in [1.29, 1.82) is 0 Å². The van der Waals surface area contributed by atoms with Crippen LogP contribution in [0.1, 0.15) is 32.3 Å². The fourth-order valence-corrected chi connectivity index (χ4v) is 4.00. The van der Waals surface area contributed by atoms with Gasteiger partial charge in [-0.05, 0) is 51.7 Å². The maximum Gasteiger partial charge on any atom is 0.241 e. The lowest BCUT2D eigenvalue weighted by atomic mass is 10.0. The number of halogens is 1. The lowest BCUT2D eigenvalue weighted by Gasteiger charge is -2.26. The molecule has 0 unspecified atom stereocenters. The molecule has 0 atom stereocenters. The van der Waals surface area contributed by atoms with Crippen molar-refractivity contribution in [1.82, 2.24) is 4.72 Å². The first kappa shape index (κ1) is 14.3. The Morgan fingerprint density at radius 3 is 2.47 bits per heavy atom. The Morgan fingerprint density at radius 1 is 1.37 bits per heavy atom. The Hall–Kier alpha value is -1.14. The highest BCUT2D eigenvalue weighted by molar-refractivity contribution is 7.89. The number of nitrogens with one attached hydrogen (secondary N) is 1. The van der Waals surface area contributed by atoms with Crippen LogP contribution in [0.15, 0.2) is 17.0 Å². The summed E-state index contributed by atoms with van der Waals surface area (Å²) < 4.78 is 41.0.